The molecule has 0 aromatic carbocycles. The SMILES string of the molecule is C=C1C(=O)[C@@]23[C@H](O)C[C@@H]4[C@](C)(CO)CCC[C@@]4(C)[C@@H]2CC[C@@H]1[C@H]3O. The first-order chi connectivity index (χ1) is 11.2. The highest BCUT2D eigenvalue weighted by Crippen LogP contribution is 2.70. The summed E-state index contributed by atoms with van der Waals surface area (Å²) in [4.78, 5) is 13.1. The largest absolute Gasteiger partial charge is 0.396 e. The van der Waals surface area contributed by atoms with Gasteiger partial charge in [-0.15, -0.1) is 0 Å². The molecule has 4 rings (SSSR count). The predicted molar refractivity (Wildman–Crippen MR) is 90.1 cm³/mol. The summed E-state index contributed by atoms with van der Waals surface area (Å²) >= 11 is 0. The van der Waals surface area contributed by atoms with Gasteiger partial charge in [0.25, 0.3) is 0 Å². The molecule has 1 spiro atoms. The molecule has 4 nitrogen and oxygen atoms in total. The van der Waals surface area contributed by atoms with Crippen LogP contribution in [0.1, 0.15) is 52.4 Å². The number of rotatable bonds is 1. The second-order valence-electron chi connectivity index (χ2n) is 9.44. The van der Waals surface area contributed by atoms with Crippen LogP contribution in [0.15, 0.2) is 12.2 Å². The average Bonchev–Trinajstić information content (AvgIpc) is 2.66. The van der Waals surface area contributed by atoms with Crippen molar-refractivity contribution >= 4 is 5.78 Å². The van der Waals surface area contributed by atoms with Gasteiger partial charge in [-0.1, -0.05) is 26.8 Å². The van der Waals surface area contributed by atoms with E-state index in [0.717, 1.165) is 32.1 Å². The van der Waals surface area contributed by atoms with Crippen LogP contribution in [0.3, 0.4) is 0 Å². The van der Waals surface area contributed by atoms with Crippen LogP contribution in [0.2, 0.25) is 0 Å². The van der Waals surface area contributed by atoms with Gasteiger partial charge in [0.15, 0.2) is 5.78 Å². The second kappa shape index (κ2) is 4.93. The van der Waals surface area contributed by atoms with Crippen molar-refractivity contribution in [1.29, 1.82) is 0 Å². The molecular weight excluding hydrogens is 304 g/mol. The summed E-state index contributed by atoms with van der Waals surface area (Å²) in [5.74, 6) is -0.120. The third-order valence-electron chi connectivity index (χ3n) is 8.61. The number of ketones is 1. The lowest BCUT2D eigenvalue weighted by atomic mass is 9.39. The monoisotopic (exact) mass is 334 g/mol. The minimum atomic E-state index is -1.06. The molecule has 8 atom stereocenters. The Bertz CT molecular complexity index is 600. The molecule has 0 radical (unpaired) electrons. The molecule has 0 aromatic heterocycles. The van der Waals surface area contributed by atoms with E-state index in [-0.39, 0.29) is 41.0 Å². The number of aliphatic hydroxyl groups excluding tert-OH is 3. The van der Waals surface area contributed by atoms with Crippen molar-refractivity contribution < 1.29 is 20.1 Å². The topological polar surface area (TPSA) is 77.8 Å². The zero-order valence-electron chi connectivity index (χ0n) is 14.8. The fraction of sp³-hybridized carbons (Fsp3) is 0.850. The highest BCUT2D eigenvalue weighted by molar-refractivity contribution is 6.04. The molecule has 4 aliphatic carbocycles. The Hall–Kier alpha value is -0.710. The second-order valence-corrected chi connectivity index (χ2v) is 9.44. The van der Waals surface area contributed by atoms with Crippen LogP contribution in [0.5, 0.6) is 0 Å². The van der Waals surface area contributed by atoms with Gasteiger partial charge in [0.2, 0.25) is 0 Å². The van der Waals surface area contributed by atoms with E-state index in [1.54, 1.807) is 0 Å². The van der Waals surface area contributed by atoms with Crippen LogP contribution in [0.25, 0.3) is 0 Å². The highest BCUT2D eigenvalue weighted by Gasteiger charge is 2.73. The van der Waals surface area contributed by atoms with E-state index in [1.807, 2.05) is 0 Å². The number of carbonyl (C=O) groups excluding carboxylic acids is 1. The molecule has 0 aromatic rings. The van der Waals surface area contributed by atoms with E-state index in [0.29, 0.717) is 12.0 Å². The van der Waals surface area contributed by atoms with Crippen LogP contribution in [-0.2, 0) is 4.79 Å². The molecule has 4 heteroatoms. The Morgan fingerprint density at radius 2 is 1.88 bits per heavy atom. The van der Waals surface area contributed by atoms with Crippen LogP contribution in [-0.4, -0.2) is 39.9 Å². The van der Waals surface area contributed by atoms with Gasteiger partial charge < -0.3 is 15.3 Å². The van der Waals surface area contributed by atoms with Gasteiger partial charge in [0.1, 0.15) is 0 Å². The van der Waals surface area contributed by atoms with Crippen molar-refractivity contribution in [2.24, 2.45) is 34.0 Å². The van der Waals surface area contributed by atoms with Crippen molar-refractivity contribution in [3.63, 3.8) is 0 Å². The smallest absolute Gasteiger partial charge is 0.170 e. The summed E-state index contributed by atoms with van der Waals surface area (Å²) in [5, 5.41) is 32.2. The van der Waals surface area contributed by atoms with Gasteiger partial charge in [-0.25, -0.2) is 0 Å². The van der Waals surface area contributed by atoms with Gasteiger partial charge in [-0.05, 0) is 60.3 Å². The normalized spacial score (nSPS) is 56.8. The zero-order chi connectivity index (χ0) is 17.5. The number of Topliss-reactive ketones (excluding diaryl/α,β-unsaturated/α-hetero) is 1. The maximum atomic E-state index is 13.1. The zero-order valence-corrected chi connectivity index (χ0v) is 14.8. The van der Waals surface area contributed by atoms with E-state index in [1.165, 1.54) is 0 Å². The summed E-state index contributed by atoms with van der Waals surface area (Å²) in [6.45, 7) is 8.44. The predicted octanol–water partition coefficient (Wildman–Crippen LogP) is 2.07. The first-order valence-corrected chi connectivity index (χ1v) is 9.44. The number of hydrogen-bond acceptors (Lipinski definition) is 4. The molecule has 0 unspecified atom stereocenters. The standard InChI is InChI=1S/C20H30O4/c1-11-12-5-6-13-19(3)8-4-7-18(2,10-21)14(19)9-15(22)20(13,16(11)23)17(12)24/h12-15,17,21-22,24H,1,4-10H2,2-3H3/t12-,13-,14+,15+,17+,18-,19-,20-/m0/s1. The van der Waals surface area contributed by atoms with Gasteiger partial charge in [-0.2, -0.15) is 0 Å². The summed E-state index contributed by atoms with van der Waals surface area (Å²) < 4.78 is 0. The summed E-state index contributed by atoms with van der Waals surface area (Å²) in [6.07, 6.45) is 3.49. The van der Waals surface area contributed by atoms with E-state index < -0.39 is 17.6 Å². The molecule has 0 amide bonds. The number of fused-ring (bicyclic) bond motifs is 3. The van der Waals surface area contributed by atoms with Crippen molar-refractivity contribution in [2.45, 2.75) is 64.6 Å². The van der Waals surface area contributed by atoms with E-state index in [9.17, 15) is 20.1 Å². The first kappa shape index (κ1) is 16.7. The van der Waals surface area contributed by atoms with Crippen molar-refractivity contribution in [3.05, 3.63) is 12.2 Å². The molecule has 0 aliphatic heterocycles. The van der Waals surface area contributed by atoms with E-state index in [2.05, 4.69) is 20.4 Å². The third-order valence-corrected chi connectivity index (χ3v) is 8.61. The summed E-state index contributed by atoms with van der Waals surface area (Å²) in [6, 6.07) is 0. The molecule has 134 valence electrons. The van der Waals surface area contributed by atoms with Crippen molar-refractivity contribution in [1.82, 2.24) is 0 Å². The fourth-order valence-electron chi connectivity index (χ4n) is 7.44. The van der Waals surface area contributed by atoms with Crippen molar-refractivity contribution in [3.8, 4) is 0 Å². The maximum Gasteiger partial charge on any atom is 0.170 e. The number of carbonyl (C=O) groups is 1. The number of aliphatic hydroxyl groups is 3. The number of hydrogen-bond donors (Lipinski definition) is 3. The molecule has 0 saturated heterocycles. The lowest BCUT2D eigenvalue weighted by molar-refractivity contribution is -0.230. The van der Waals surface area contributed by atoms with Gasteiger partial charge in [0.05, 0.1) is 17.6 Å². The average molecular weight is 334 g/mol. The fourth-order valence-corrected chi connectivity index (χ4v) is 7.44. The van der Waals surface area contributed by atoms with Gasteiger partial charge in [-0.3, -0.25) is 4.79 Å². The lowest BCUT2D eigenvalue weighted by Gasteiger charge is -2.65. The summed E-state index contributed by atoms with van der Waals surface area (Å²) in [7, 11) is 0. The Labute approximate surface area is 144 Å². The molecule has 4 fully saturated rings. The van der Waals surface area contributed by atoms with Gasteiger partial charge in [0, 0.05) is 12.5 Å². The minimum Gasteiger partial charge on any atom is -0.396 e. The molecule has 4 aliphatic rings. The van der Waals surface area contributed by atoms with E-state index >= 15 is 0 Å². The highest BCUT2D eigenvalue weighted by atomic mass is 16.3. The Balaban J connectivity index is 1.86. The molecular formula is C20H30O4. The first-order valence-electron chi connectivity index (χ1n) is 9.44. The molecule has 0 heterocycles. The minimum absolute atomic E-state index is 0.0251. The summed E-state index contributed by atoms with van der Waals surface area (Å²) in [5.41, 5.74) is -0.872. The van der Waals surface area contributed by atoms with Gasteiger partial charge >= 0.3 is 0 Å². The van der Waals surface area contributed by atoms with Crippen molar-refractivity contribution in [2.75, 3.05) is 6.61 Å². The Kier molecular flexibility index (Phi) is 3.44. The maximum absolute atomic E-state index is 13.1. The molecule has 24 heavy (non-hydrogen) atoms. The van der Waals surface area contributed by atoms with Crippen LogP contribution < -0.4 is 0 Å². The molecule has 2 bridgehead atoms. The molecule has 4 saturated carbocycles. The van der Waals surface area contributed by atoms with Crippen LogP contribution in [0.4, 0.5) is 0 Å². The third kappa shape index (κ3) is 1.63. The molecule has 3 N–H and O–H groups in total. The van der Waals surface area contributed by atoms with Crippen LogP contribution in [0, 0.1) is 34.0 Å². The Morgan fingerprint density at radius 1 is 1.17 bits per heavy atom. The lowest BCUT2D eigenvalue weighted by Crippen LogP contribution is -2.67. The van der Waals surface area contributed by atoms with Crippen LogP contribution >= 0.6 is 0 Å². The quantitative estimate of drug-likeness (QED) is 0.642. The Morgan fingerprint density at radius 3 is 2.54 bits per heavy atom. The van der Waals surface area contributed by atoms with E-state index in [4.69, 9.17) is 0 Å².